The van der Waals surface area contributed by atoms with Crippen molar-refractivity contribution >= 4 is 5.91 Å². The number of rotatable bonds is 3. The number of hydrogen-bond acceptors (Lipinski definition) is 3. The van der Waals surface area contributed by atoms with Crippen LogP contribution in [0.25, 0.3) is 0 Å². The number of ether oxygens (including phenoxy) is 1. The molecule has 8 heteroatoms. The molecule has 0 aliphatic carbocycles. The Morgan fingerprint density at radius 3 is 2.90 bits per heavy atom. The molecule has 1 amide bonds. The molecule has 0 saturated carbocycles. The second-order valence-corrected chi connectivity index (χ2v) is 4.55. The number of carbonyl (C=O) groups is 1. The first-order valence-corrected chi connectivity index (χ1v) is 6.14. The Hall–Kier alpha value is -1.54. The summed E-state index contributed by atoms with van der Waals surface area (Å²) in [5.74, 6) is -0.526. The Morgan fingerprint density at radius 1 is 1.50 bits per heavy atom. The molecule has 2 rings (SSSR count). The summed E-state index contributed by atoms with van der Waals surface area (Å²) in [6.45, 7) is -0.757. The summed E-state index contributed by atoms with van der Waals surface area (Å²) in [4.78, 5) is 13.7. The maximum atomic E-state index is 12.4. The van der Waals surface area contributed by atoms with Gasteiger partial charge in [-0.05, 0) is 12.1 Å². The average molecular weight is 292 g/mol. The molecule has 1 saturated heterocycles. The van der Waals surface area contributed by atoms with E-state index in [0.29, 0.717) is 6.61 Å². The monoisotopic (exact) mass is 292 g/mol. The average Bonchev–Trinajstić information content (AvgIpc) is 2.83. The maximum absolute atomic E-state index is 12.4. The number of alkyl halides is 3. The van der Waals surface area contributed by atoms with E-state index in [2.05, 4.69) is 0 Å². The fourth-order valence-electron chi connectivity index (χ4n) is 2.16. The highest BCUT2D eigenvalue weighted by molar-refractivity contribution is 5.93. The fourth-order valence-corrected chi connectivity index (χ4v) is 2.16. The van der Waals surface area contributed by atoms with Gasteiger partial charge in [0.05, 0.1) is 25.9 Å². The Morgan fingerprint density at radius 2 is 2.25 bits per heavy atom. The number of aliphatic hydroxyl groups is 1. The van der Waals surface area contributed by atoms with Gasteiger partial charge in [-0.15, -0.1) is 0 Å². The number of carbonyl (C=O) groups excluding carboxylic acids is 1. The van der Waals surface area contributed by atoms with Crippen LogP contribution in [0.5, 0.6) is 0 Å². The number of nitrogens with zero attached hydrogens (tertiary/aromatic N) is 2. The van der Waals surface area contributed by atoms with E-state index in [0.717, 1.165) is 4.57 Å². The molecule has 20 heavy (non-hydrogen) atoms. The minimum atomic E-state index is -4.39. The predicted octanol–water partition coefficient (Wildman–Crippen LogP) is 0.884. The molecule has 0 radical (unpaired) electrons. The SMILES string of the molecule is O=C(c1cccn1CC(F)(F)F)N1CCOCC1CO. The molecule has 0 aromatic carbocycles. The summed E-state index contributed by atoms with van der Waals surface area (Å²) in [6, 6.07) is 2.22. The number of aromatic nitrogens is 1. The van der Waals surface area contributed by atoms with Crippen LogP contribution in [-0.4, -0.2) is 59.1 Å². The van der Waals surface area contributed by atoms with E-state index in [1.54, 1.807) is 0 Å². The van der Waals surface area contributed by atoms with Crippen LogP contribution in [0.3, 0.4) is 0 Å². The van der Waals surface area contributed by atoms with Gasteiger partial charge in [-0.2, -0.15) is 13.2 Å². The van der Waals surface area contributed by atoms with E-state index in [9.17, 15) is 23.1 Å². The standard InChI is InChI=1S/C12H15F3N2O3/c13-12(14,15)8-16-3-1-2-10(16)11(19)17-4-5-20-7-9(17)6-18/h1-3,9,18H,4-8H2. The molecular formula is C12H15F3N2O3. The van der Waals surface area contributed by atoms with E-state index in [4.69, 9.17) is 4.74 Å². The van der Waals surface area contributed by atoms with Crippen LogP contribution in [0, 0.1) is 0 Å². The van der Waals surface area contributed by atoms with Gasteiger partial charge in [-0.25, -0.2) is 0 Å². The molecule has 5 nitrogen and oxygen atoms in total. The van der Waals surface area contributed by atoms with Gasteiger partial charge in [0, 0.05) is 12.7 Å². The van der Waals surface area contributed by atoms with Crippen LogP contribution in [0.2, 0.25) is 0 Å². The molecular weight excluding hydrogens is 277 g/mol. The third kappa shape index (κ3) is 3.31. The molecule has 0 bridgehead atoms. The smallest absolute Gasteiger partial charge is 0.394 e. The van der Waals surface area contributed by atoms with Crippen LogP contribution >= 0.6 is 0 Å². The lowest BCUT2D eigenvalue weighted by molar-refractivity contribution is -0.140. The van der Waals surface area contributed by atoms with Gasteiger partial charge in [0.2, 0.25) is 0 Å². The first-order chi connectivity index (χ1) is 9.42. The van der Waals surface area contributed by atoms with Crippen molar-refractivity contribution in [3.63, 3.8) is 0 Å². The molecule has 2 heterocycles. The van der Waals surface area contributed by atoms with Gasteiger partial charge in [0.25, 0.3) is 5.91 Å². The van der Waals surface area contributed by atoms with E-state index < -0.39 is 24.7 Å². The van der Waals surface area contributed by atoms with Crippen molar-refractivity contribution in [1.82, 2.24) is 9.47 Å². The third-order valence-corrected chi connectivity index (χ3v) is 3.10. The summed E-state index contributed by atoms with van der Waals surface area (Å²) in [5.41, 5.74) is -0.0392. The predicted molar refractivity (Wildman–Crippen MR) is 63.2 cm³/mol. The molecule has 0 spiro atoms. The lowest BCUT2D eigenvalue weighted by atomic mass is 10.2. The molecule has 1 N–H and O–H groups in total. The third-order valence-electron chi connectivity index (χ3n) is 3.10. The lowest BCUT2D eigenvalue weighted by Gasteiger charge is -2.34. The van der Waals surface area contributed by atoms with Gasteiger partial charge in [-0.1, -0.05) is 0 Å². The van der Waals surface area contributed by atoms with E-state index >= 15 is 0 Å². The van der Waals surface area contributed by atoms with Crippen molar-refractivity contribution in [1.29, 1.82) is 0 Å². The highest BCUT2D eigenvalue weighted by Crippen LogP contribution is 2.20. The fraction of sp³-hybridized carbons (Fsp3) is 0.583. The van der Waals surface area contributed by atoms with Gasteiger partial charge in [0.15, 0.2) is 0 Å². The second-order valence-electron chi connectivity index (χ2n) is 4.55. The van der Waals surface area contributed by atoms with Crippen molar-refractivity contribution in [2.24, 2.45) is 0 Å². The molecule has 112 valence electrons. The zero-order valence-corrected chi connectivity index (χ0v) is 10.6. The van der Waals surface area contributed by atoms with E-state index in [1.807, 2.05) is 0 Å². The molecule has 1 aromatic rings. The lowest BCUT2D eigenvalue weighted by Crippen LogP contribution is -2.51. The minimum absolute atomic E-state index is 0.0392. The van der Waals surface area contributed by atoms with Crippen LogP contribution in [0.4, 0.5) is 13.2 Å². The highest BCUT2D eigenvalue weighted by atomic mass is 19.4. The Balaban J connectivity index is 2.18. The Kier molecular flexibility index (Phi) is 4.34. The summed E-state index contributed by atoms with van der Waals surface area (Å²) in [6.07, 6.45) is -3.18. The maximum Gasteiger partial charge on any atom is 0.406 e. The van der Waals surface area contributed by atoms with Gasteiger partial charge < -0.3 is 19.3 Å². The molecule has 1 aliphatic rings. The Labute approximate surface area is 113 Å². The Bertz CT molecular complexity index is 473. The number of aliphatic hydroxyl groups excluding tert-OH is 1. The number of amides is 1. The topological polar surface area (TPSA) is 54.7 Å². The molecule has 1 aromatic heterocycles. The number of morpholine rings is 1. The zero-order chi connectivity index (χ0) is 14.8. The van der Waals surface area contributed by atoms with Crippen LogP contribution in [-0.2, 0) is 11.3 Å². The number of hydrogen-bond donors (Lipinski definition) is 1. The quantitative estimate of drug-likeness (QED) is 0.900. The van der Waals surface area contributed by atoms with Gasteiger partial charge in [0.1, 0.15) is 12.2 Å². The molecule has 1 fully saturated rings. The first kappa shape index (κ1) is 14.9. The summed E-state index contributed by atoms with van der Waals surface area (Å²) >= 11 is 0. The van der Waals surface area contributed by atoms with Crippen molar-refractivity contribution in [2.45, 2.75) is 18.8 Å². The highest BCUT2D eigenvalue weighted by Gasteiger charge is 2.32. The summed E-state index contributed by atoms with van der Waals surface area (Å²) < 4.78 is 43.3. The molecule has 1 atom stereocenters. The van der Waals surface area contributed by atoms with Crippen molar-refractivity contribution in [2.75, 3.05) is 26.4 Å². The van der Waals surface area contributed by atoms with Crippen LogP contribution in [0.15, 0.2) is 18.3 Å². The molecule has 1 unspecified atom stereocenters. The van der Waals surface area contributed by atoms with E-state index in [1.165, 1.54) is 23.2 Å². The van der Waals surface area contributed by atoms with Crippen molar-refractivity contribution in [3.05, 3.63) is 24.0 Å². The minimum Gasteiger partial charge on any atom is -0.394 e. The molecule has 1 aliphatic heterocycles. The van der Waals surface area contributed by atoms with E-state index in [-0.39, 0.29) is 25.5 Å². The first-order valence-electron chi connectivity index (χ1n) is 6.14. The van der Waals surface area contributed by atoms with Crippen molar-refractivity contribution < 1.29 is 27.8 Å². The zero-order valence-electron chi connectivity index (χ0n) is 10.6. The van der Waals surface area contributed by atoms with Crippen molar-refractivity contribution in [3.8, 4) is 0 Å². The largest absolute Gasteiger partial charge is 0.406 e. The van der Waals surface area contributed by atoms with Gasteiger partial charge >= 0.3 is 6.18 Å². The van der Waals surface area contributed by atoms with Gasteiger partial charge in [-0.3, -0.25) is 4.79 Å². The summed E-state index contributed by atoms with van der Waals surface area (Å²) in [5, 5.41) is 9.20. The number of halogens is 3. The van der Waals surface area contributed by atoms with Crippen LogP contribution in [0.1, 0.15) is 10.5 Å². The normalized spacial score (nSPS) is 20.2. The summed E-state index contributed by atoms with van der Waals surface area (Å²) in [7, 11) is 0. The second kappa shape index (κ2) is 5.84. The van der Waals surface area contributed by atoms with Crippen LogP contribution < -0.4 is 0 Å².